The lowest BCUT2D eigenvalue weighted by Gasteiger charge is -2.35. The molecule has 0 bridgehead atoms. The van der Waals surface area contributed by atoms with Gasteiger partial charge >= 0.3 is 0 Å². The smallest absolute Gasteiger partial charge is 0.225 e. The van der Waals surface area contributed by atoms with Gasteiger partial charge in [0.15, 0.2) is 0 Å². The number of anilines is 1. The first kappa shape index (κ1) is 19.1. The van der Waals surface area contributed by atoms with Crippen molar-refractivity contribution in [2.45, 2.75) is 38.5 Å². The van der Waals surface area contributed by atoms with Crippen LogP contribution in [0, 0.1) is 5.41 Å². The first-order valence-corrected chi connectivity index (χ1v) is 7.80. The van der Waals surface area contributed by atoms with E-state index in [9.17, 15) is 4.79 Å². The number of halogens is 2. The molecule has 0 radical (unpaired) electrons. The van der Waals surface area contributed by atoms with E-state index in [4.69, 9.17) is 22.1 Å². The van der Waals surface area contributed by atoms with Crippen molar-refractivity contribution in [2.24, 2.45) is 11.1 Å². The third-order valence-electron chi connectivity index (χ3n) is 4.32. The minimum Gasteiger partial charge on any atom is -0.495 e. The van der Waals surface area contributed by atoms with Gasteiger partial charge in [0.25, 0.3) is 0 Å². The highest BCUT2D eigenvalue weighted by Crippen LogP contribution is 2.39. The molecule has 2 rings (SSSR count). The maximum Gasteiger partial charge on any atom is 0.225 e. The first-order chi connectivity index (χ1) is 10.1. The predicted molar refractivity (Wildman–Crippen MR) is 93.1 cm³/mol. The van der Waals surface area contributed by atoms with Crippen LogP contribution in [0.25, 0.3) is 0 Å². The Morgan fingerprint density at radius 2 is 2.05 bits per heavy atom. The lowest BCUT2D eigenvalue weighted by atomic mass is 9.71. The molecule has 0 aliphatic heterocycles. The summed E-state index contributed by atoms with van der Waals surface area (Å²) in [7, 11) is 1.57. The molecule has 0 spiro atoms. The van der Waals surface area contributed by atoms with E-state index in [-0.39, 0.29) is 23.7 Å². The van der Waals surface area contributed by atoms with E-state index in [0.29, 0.717) is 29.4 Å². The second-order valence-corrected chi connectivity index (χ2v) is 6.27. The van der Waals surface area contributed by atoms with Gasteiger partial charge in [0.1, 0.15) is 5.75 Å². The molecule has 124 valence electrons. The van der Waals surface area contributed by atoms with Crippen LogP contribution in [0.3, 0.4) is 0 Å². The zero-order valence-electron chi connectivity index (χ0n) is 12.9. The summed E-state index contributed by atoms with van der Waals surface area (Å²) in [6.07, 6.45) is 6.08. The standard InChI is InChI=1S/C16H23ClN2O2.ClH/c1-21-14-6-5-12(17)9-13(14)19-15(20)10-16(11-18)7-3-2-4-8-16;/h5-6,9H,2-4,7-8,10-11,18H2,1H3,(H,19,20);1H. The Bertz CT molecular complexity index is 503. The van der Waals surface area contributed by atoms with Crippen LogP contribution >= 0.6 is 24.0 Å². The van der Waals surface area contributed by atoms with Crippen molar-refractivity contribution < 1.29 is 9.53 Å². The number of nitrogens with one attached hydrogen (secondary N) is 1. The largest absolute Gasteiger partial charge is 0.495 e. The highest BCUT2D eigenvalue weighted by molar-refractivity contribution is 6.31. The van der Waals surface area contributed by atoms with E-state index in [0.717, 1.165) is 25.7 Å². The number of hydrogen-bond acceptors (Lipinski definition) is 3. The van der Waals surface area contributed by atoms with Crippen molar-refractivity contribution in [1.29, 1.82) is 0 Å². The van der Waals surface area contributed by atoms with Gasteiger partial charge in [-0.25, -0.2) is 0 Å². The molecular weight excluding hydrogens is 323 g/mol. The number of ether oxygens (including phenoxy) is 1. The number of carbonyl (C=O) groups excluding carboxylic acids is 1. The molecule has 22 heavy (non-hydrogen) atoms. The molecule has 1 fully saturated rings. The Labute approximate surface area is 143 Å². The van der Waals surface area contributed by atoms with Gasteiger partial charge in [-0.05, 0) is 43.0 Å². The summed E-state index contributed by atoms with van der Waals surface area (Å²) in [6.45, 7) is 0.563. The third kappa shape index (κ3) is 4.77. The van der Waals surface area contributed by atoms with Crippen LogP contribution in [0.2, 0.25) is 5.02 Å². The Kier molecular flexibility index (Phi) is 7.46. The molecular formula is C16H24Cl2N2O2. The van der Waals surface area contributed by atoms with Crippen molar-refractivity contribution >= 4 is 35.6 Å². The van der Waals surface area contributed by atoms with E-state index in [1.165, 1.54) is 6.42 Å². The van der Waals surface area contributed by atoms with Gasteiger partial charge in [0.2, 0.25) is 5.91 Å². The second-order valence-electron chi connectivity index (χ2n) is 5.83. The minimum atomic E-state index is -0.0475. The van der Waals surface area contributed by atoms with E-state index < -0.39 is 0 Å². The predicted octanol–water partition coefficient (Wildman–Crippen LogP) is 4.01. The summed E-state index contributed by atoms with van der Waals surface area (Å²) in [5.41, 5.74) is 6.50. The summed E-state index contributed by atoms with van der Waals surface area (Å²) in [5.74, 6) is 0.584. The number of carbonyl (C=O) groups is 1. The second kappa shape index (κ2) is 8.61. The summed E-state index contributed by atoms with van der Waals surface area (Å²) >= 11 is 5.98. The minimum absolute atomic E-state index is 0. The van der Waals surface area contributed by atoms with Crippen molar-refractivity contribution in [1.82, 2.24) is 0 Å². The summed E-state index contributed by atoms with van der Waals surface area (Å²) in [6, 6.07) is 5.18. The number of benzene rings is 1. The Morgan fingerprint density at radius 1 is 1.36 bits per heavy atom. The highest BCUT2D eigenvalue weighted by atomic mass is 35.5. The molecule has 0 atom stereocenters. The van der Waals surface area contributed by atoms with Crippen LogP contribution in [0.4, 0.5) is 5.69 Å². The quantitative estimate of drug-likeness (QED) is 0.846. The van der Waals surface area contributed by atoms with Gasteiger partial charge in [-0.2, -0.15) is 0 Å². The molecule has 1 aliphatic carbocycles. The van der Waals surface area contributed by atoms with Crippen LogP contribution in [0.15, 0.2) is 18.2 Å². The molecule has 6 heteroatoms. The number of nitrogens with two attached hydrogens (primary N) is 1. The average molecular weight is 347 g/mol. The van der Waals surface area contributed by atoms with E-state index >= 15 is 0 Å². The fraction of sp³-hybridized carbons (Fsp3) is 0.562. The van der Waals surface area contributed by atoms with Crippen LogP contribution in [0.1, 0.15) is 38.5 Å². The Balaban J connectivity index is 0.00000242. The molecule has 0 saturated heterocycles. The van der Waals surface area contributed by atoms with Crippen molar-refractivity contribution in [3.63, 3.8) is 0 Å². The van der Waals surface area contributed by atoms with Crippen molar-refractivity contribution in [2.75, 3.05) is 19.0 Å². The molecule has 1 aromatic rings. The molecule has 4 nitrogen and oxygen atoms in total. The number of amides is 1. The van der Waals surface area contributed by atoms with Crippen molar-refractivity contribution in [3.8, 4) is 5.75 Å². The molecule has 1 saturated carbocycles. The molecule has 3 N–H and O–H groups in total. The highest BCUT2D eigenvalue weighted by Gasteiger charge is 2.33. The number of methoxy groups -OCH3 is 1. The maximum atomic E-state index is 12.4. The zero-order chi connectivity index (χ0) is 15.3. The van der Waals surface area contributed by atoms with E-state index in [1.54, 1.807) is 25.3 Å². The van der Waals surface area contributed by atoms with E-state index in [2.05, 4.69) is 5.32 Å². The van der Waals surface area contributed by atoms with Crippen LogP contribution in [-0.4, -0.2) is 19.6 Å². The summed E-state index contributed by atoms with van der Waals surface area (Å²) < 4.78 is 5.24. The zero-order valence-corrected chi connectivity index (χ0v) is 14.4. The van der Waals surface area contributed by atoms with E-state index in [1.807, 2.05) is 0 Å². The van der Waals surface area contributed by atoms with Crippen molar-refractivity contribution in [3.05, 3.63) is 23.2 Å². The molecule has 1 aliphatic rings. The molecule has 0 aromatic heterocycles. The third-order valence-corrected chi connectivity index (χ3v) is 4.55. The van der Waals surface area contributed by atoms with Gasteiger partial charge in [-0.3, -0.25) is 4.79 Å². The first-order valence-electron chi connectivity index (χ1n) is 7.42. The summed E-state index contributed by atoms with van der Waals surface area (Å²) in [5, 5.41) is 3.47. The molecule has 0 heterocycles. The topological polar surface area (TPSA) is 64.3 Å². The SMILES string of the molecule is COc1ccc(Cl)cc1NC(=O)CC1(CN)CCCCC1.Cl. The van der Waals surface area contributed by atoms with Gasteiger partial charge in [0, 0.05) is 11.4 Å². The van der Waals surface area contributed by atoms with Gasteiger partial charge < -0.3 is 15.8 Å². The van der Waals surface area contributed by atoms with Crippen LogP contribution < -0.4 is 15.8 Å². The van der Waals surface area contributed by atoms with Gasteiger partial charge in [-0.1, -0.05) is 30.9 Å². The van der Waals surface area contributed by atoms with Crippen LogP contribution in [-0.2, 0) is 4.79 Å². The Morgan fingerprint density at radius 3 is 2.64 bits per heavy atom. The normalized spacial score (nSPS) is 16.5. The molecule has 1 aromatic carbocycles. The fourth-order valence-electron chi connectivity index (χ4n) is 3.07. The maximum absolute atomic E-state index is 12.4. The molecule has 0 unspecified atom stereocenters. The lowest BCUT2D eigenvalue weighted by molar-refractivity contribution is -0.118. The fourth-order valence-corrected chi connectivity index (χ4v) is 3.24. The van der Waals surface area contributed by atoms with Gasteiger partial charge in [-0.15, -0.1) is 12.4 Å². The van der Waals surface area contributed by atoms with Gasteiger partial charge in [0.05, 0.1) is 12.8 Å². The Hall–Kier alpha value is -0.970. The average Bonchev–Trinajstić information content (AvgIpc) is 2.48. The number of rotatable bonds is 5. The summed E-state index contributed by atoms with van der Waals surface area (Å²) in [4.78, 5) is 12.4. The monoisotopic (exact) mass is 346 g/mol. The number of hydrogen-bond donors (Lipinski definition) is 2. The molecule has 1 amide bonds. The van der Waals surface area contributed by atoms with Crippen LogP contribution in [0.5, 0.6) is 5.75 Å². The lowest BCUT2D eigenvalue weighted by Crippen LogP contribution is -2.36.